The summed E-state index contributed by atoms with van der Waals surface area (Å²) in [6.45, 7) is 5.21. The van der Waals surface area contributed by atoms with Gasteiger partial charge in [0.05, 0.1) is 0 Å². The molecule has 0 aliphatic heterocycles. The Bertz CT molecular complexity index is 888. The molecule has 31 heavy (non-hydrogen) atoms. The van der Waals surface area contributed by atoms with E-state index in [4.69, 9.17) is 9.47 Å². The van der Waals surface area contributed by atoms with Crippen molar-refractivity contribution in [2.75, 3.05) is 6.61 Å². The Labute approximate surface area is 181 Å². The highest BCUT2D eigenvalue weighted by atomic mass is 16.5. The number of aliphatic hydroxyl groups is 1. The molecule has 3 saturated carbocycles. The second kappa shape index (κ2) is 7.40. The van der Waals surface area contributed by atoms with Crippen LogP contribution >= 0.6 is 0 Å². The average Bonchev–Trinajstić information content (AvgIpc) is 2.98. The molecule has 7 atom stereocenters. The Hall–Kier alpha value is -2.28. The summed E-state index contributed by atoms with van der Waals surface area (Å²) >= 11 is 0. The molecule has 0 saturated heterocycles. The number of carbonyl (C=O) groups is 4. The molecule has 0 aromatic heterocycles. The molecule has 168 valence electrons. The van der Waals surface area contributed by atoms with Crippen LogP contribution in [0.25, 0.3) is 0 Å². The van der Waals surface area contributed by atoms with Gasteiger partial charge in [-0.2, -0.15) is 0 Å². The van der Waals surface area contributed by atoms with Crippen molar-refractivity contribution in [2.24, 2.45) is 28.6 Å². The predicted octanol–water partition coefficient (Wildman–Crippen LogP) is 2.31. The first-order chi connectivity index (χ1) is 14.6. The SMILES string of the molecule is CC(=O)OCC(=O)[C@@]1(O)CC[C@H]2[C@@H]3CCC4=CC(=O)C=C[C@]4(C)[C@H]3C(OC=O)C[C@@]21C. The molecule has 4 rings (SSSR count). The minimum atomic E-state index is -1.64. The largest absolute Gasteiger partial charge is 0.464 e. The van der Waals surface area contributed by atoms with Gasteiger partial charge in [-0.3, -0.25) is 19.2 Å². The molecular weight excluding hydrogens is 400 g/mol. The van der Waals surface area contributed by atoms with Gasteiger partial charge in [0.25, 0.3) is 6.47 Å². The maximum Gasteiger partial charge on any atom is 0.303 e. The van der Waals surface area contributed by atoms with E-state index in [1.807, 2.05) is 13.0 Å². The van der Waals surface area contributed by atoms with Crippen molar-refractivity contribution in [3.63, 3.8) is 0 Å². The van der Waals surface area contributed by atoms with E-state index in [-0.39, 0.29) is 23.5 Å². The van der Waals surface area contributed by atoms with Gasteiger partial charge < -0.3 is 14.6 Å². The lowest BCUT2D eigenvalue weighted by atomic mass is 9.46. The van der Waals surface area contributed by atoms with Crippen LogP contribution < -0.4 is 0 Å². The standard InChI is InChI=1S/C24H30O7/c1-14(26)30-12-20(28)24(29)9-7-18-17-5-4-15-10-16(27)6-8-22(15,2)21(17)19(31-13-25)11-23(18,24)3/h6,8,10,13,17-19,21,29H,4-5,7,9,11-12H2,1-3H3/t17-,18-,19?,21+,22-,23-,24-/m0/s1. The highest BCUT2D eigenvalue weighted by Gasteiger charge is 2.68. The smallest absolute Gasteiger partial charge is 0.303 e. The molecule has 7 heteroatoms. The van der Waals surface area contributed by atoms with E-state index in [1.165, 1.54) is 6.92 Å². The normalized spacial score (nSPS) is 43.2. The second-order valence-corrected chi connectivity index (χ2v) is 10.0. The molecule has 0 bridgehead atoms. The molecule has 0 spiro atoms. The van der Waals surface area contributed by atoms with Crippen LogP contribution in [0.2, 0.25) is 0 Å². The summed E-state index contributed by atoms with van der Waals surface area (Å²) in [6, 6.07) is 0. The average molecular weight is 430 g/mol. The Balaban J connectivity index is 1.72. The summed E-state index contributed by atoms with van der Waals surface area (Å²) in [5.41, 5.74) is -1.79. The van der Waals surface area contributed by atoms with Crippen LogP contribution in [0.4, 0.5) is 0 Å². The Kier molecular flexibility index (Phi) is 5.23. The fourth-order valence-electron chi connectivity index (χ4n) is 7.24. The van der Waals surface area contributed by atoms with Crippen molar-refractivity contribution >= 4 is 24.0 Å². The number of ether oxygens (including phenoxy) is 2. The van der Waals surface area contributed by atoms with Gasteiger partial charge in [-0.1, -0.05) is 25.5 Å². The fraction of sp³-hybridized carbons (Fsp3) is 0.667. The van der Waals surface area contributed by atoms with Crippen LogP contribution in [-0.4, -0.2) is 47.4 Å². The number of allylic oxidation sites excluding steroid dienone is 4. The topological polar surface area (TPSA) is 107 Å². The Morgan fingerprint density at radius 3 is 2.71 bits per heavy atom. The molecule has 4 aliphatic carbocycles. The number of rotatable bonds is 5. The van der Waals surface area contributed by atoms with Crippen LogP contribution in [0, 0.1) is 28.6 Å². The van der Waals surface area contributed by atoms with E-state index in [0.29, 0.717) is 25.7 Å². The third-order valence-corrected chi connectivity index (χ3v) is 8.72. The highest BCUT2D eigenvalue weighted by molar-refractivity contribution is 6.01. The molecule has 4 aliphatic rings. The number of hydrogen-bond donors (Lipinski definition) is 1. The van der Waals surface area contributed by atoms with Gasteiger partial charge in [-0.05, 0) is 56.1 Å². The minimum Gasteiger partial charge on any atom is -0.464 e. The molecule has 1 unspecified atom stereocenters. The van der Waals surface area contributed by atoms with E-state index in [9.17, 15) is 24.3 Å². The molecule has 7 nitrogen and oxygen atoms in total. The predicted molar refractivity (Wildman–Crippen MR) is 110 cm³/mol. The number of ketones is 2. The van der Waals surface area contributed by atoms with Gasteiger partial charge in [-0.15, -0.1) is 0 Å². The molecule has 0 aromatic carbocycles. The monoisotopic (exact) mass is 430 g/mol. The molecule has 0 heterocycles. The van der Waals surface area contributed by atoms with Gasteiger partial charge in [0.1, 0.15) is 11.7 Å². The van der Waals surface area contributed by atoms with Crippen molar-refractivity contribution in [1.82, 2.24) is 0 Å². The summed E-state index contributed by atoms with van der Waals surface area (Å²) in [5, 5.41) is 11.6. The van der Waals surface area contributed by atoms with Crippen LogP contribution in [0.15, 0.2) is 23.8 Å². The van der Waals surface area contributed by atoms with Crippen molar-refractivity contribution < 1.29 is 33.8 Å². The van der Waals surface area contributed by atoms with Crippen molar-refractivity contribution in [3.8, 4) is 0 Å². The summed E-state index contributed by atoms with van der Waals surface area (Å²) in [4.78, 5) is 47.6. The van der Waals surface area contributed by atoms with Crippen molar-refractivity contribution in [2.45, 2.75) is 64.6 Å². The van der Waals surface area contributed by atoms with Crippen LogP contribution in [-0.2, 0) is 28.7 Å². The van der Waals surface area contributed by atoms with Crippen molar-refractivity contribution in [1.29, 1.82) is 0 Å². The molecule has 1 N–H and O–H groups in total. The van der Waals surface area contributed by atoms with Crippen LogP contribution in [0.5, 0.6) is 0 Å². The van der Waals surface area contributed by atoms with E-state index >= 15 is 0 Å². The van der Waals surface area contributed by atoms with E-state index in [0.717, 1.165) is 18.4 Å². The van der Waals surface area contributed by atoms with Gasteiger partial charge in [-0.25, -0.2) is 0 Å². The lowest BCUT2D eigenvalue weighted by Crippen LogP contribution is -2.62. The van der Waals surface area contributed by atoms with E-state index in [2.05, 4.69) is 6.92 Å². The van der Waals surface area contributed by atoms with Crippen LogP contribution in [0.1, 0.15) is 52.9 Å². The zero-order chi connectivity index (χ0) is 22.6. The molecule has 0 radical (unpaired) electrons. The Morgan fingerprint density at radius 1 is 1.29 bits per heavy atom. The maximum absolute atomic E-state index is 13.0. The third kappa shape index (κ3) is 3.12. The quantitative estimate of drug-likeness (QED) is 0.527. The first-order valence-corrected chi connectivity index (χ1v) is 11.0. The lowest BCUT2D eigenvalue weighted by molar-refractivity contribution is -0.187. The minimum absolute atomic E-state index is 0.0225. The Morgan fingerprint density at radius 2 is 2.03 bits per heavy atom. The number of esters is 1. The van der Waals surface area contributed by atoms with Gasteiger partial charge in [0.15, 0.2) is 12.4 Å². The van der Waals surface area contributed by atoms with Crippen LogP contribution in [0.3, 0.4) is 0 Å². The summed E-state index contributed by atoms with van der Waals surface area (Å²) in [6.07, 6.45) is 7.60. The second-order valence-electron chi connectivity index (χ2n) is 10.0. The number of hydrogen-bond acceptors (Lipinski definition) is 7. The molecule has 3 fully saturated rings. The lowest BCUT2D eigenvalue weighted by Gasteiger charge is -2.59. The van der Waals surface area contributed by atoms with Crippen molar-refractivity contribution in [3.05, 3.63) is 23.8 Å². The first kappa shape index (κ1) is 21.9. The highest BCUT2D eigenvalue weighted by Crippen LogP contribution is 2.67. The number of fused-ring (bicyclic) bond motifs is 5. The van der Waals surface area contributed by atoms with E-state index < -0.39 is 40.9 Å². The number of Topliss-reactive ketones (excluding diaryl/α,β-unsaturated/α-hetero) is 1. The van der Waals surface area contributed by atoms with Gasteiger partial charge in [0.2, 0.25) is 5.78 Å². The summed E-state index contributed by atoms with van der Waals surface area (Å²) in [5.74, 6) is -0.946. The third-order valence-electron chi connectivity index (χ3n) is 8.72. The maximum atomic E-state index is 13.0. The number of carbonyl (C=O) groups excluding carboxylic acids is 4. The van der Waals surface area contributed by atoms with Gasteiger partial charge >= 0.3 is 5.97 Å². The fourth-order valence-corrected chi connectivity index (χ4v) is 7.24. The molecular formula is C24H30O7. The summed E-state index contributed by atoms with van der Waals surface area (Å²) < 4.78 is 10.5. The summed E-state index contributed by atoms with van der Waals surface area (Å²) in [7, 11) is 0. The van der Waals surface area contributed by atoms with Gasteiger partial charge in [0, 0.05) is 23.7 Å². The van der Waals surface area contributed by atoms with E-state index in [1.54, 1.807) is 12.2 Å². The zero-order valence-electron chi connectivity index (χ0n) is 18.3. The zero-order valence-corrected chi connectivity index (χ0v) is 18.3. The molecule has 0 aromatic rings. The first-order valence-electron chi connectivity index (χ1n) is 11.0. The molecule has 0 amide bonds.